The van der Waals surface area contributed by atoms with Gasteiger partial charge in [-0.1, -0.05) is 56.4 Å². The highest BCUT2D eigenvalue weighted by Crippen LogP contribution is 2.34. The Balaban J connectivity index is 3.07. The van der Waals surface area contributed by atoms with Gasteiger partial charge in [0.05, 0.1) is 0 Å². The molecule has 0 saturated carbocycles. The maximum atomic E-state index is 4.98. The number of aryl methyl sites for hydroxylation is 1. The second-order valence-electron chi connectivity index (χ2n) is 5.15. The second kappa shape index (κ2) is 7.48. The number of benzene rings is 1. The lowest BCUT2D eigenvalue weighted by Gasteiger charge is -2.25. The molecule has 18 heavy (non-hydrogen) atoms. The molecule has 0 radical (unpaired) electrons. The Morgan fingerprint density at radius 1 is 1.28 bits per heavy atom. The molecule has 0 bridgehead atoms. The van der Waals surface area contributed by atoms with Gasteiger partial charge in [-0.15, -0.1) is 0 Å². The monoisotopic (exact) mass is 260 g/mol. The summed E-state index contributed by atoms with van der Waals surface area (Å²) in [6.07, 6.45) is 4.44. The fourth-order valence-electron chi connectivity index (χ4n) is 2.56. The van der Waals surface area contributed by atoms with Gasteiger partial charge in [-0.25, -0.2) is 0 Å². The highest BCUT2D eigenvalue weighted by molar-refractivity contribution is 7.78. The SMILES string of the molecule is C/C=C(\c1ccccc1C)C(CCC=S)C(C)C. The minimum atomic E-state index is 0.593. The molecule has 0 N–H and O–H groups in total. The van der Waals surface area contributed by atoms with Gasteiger partial charge < -0.3 is 0 Å². The van der Waals surface area contributed by atoms with Crippen LogP contribution in [0, 0.1) is 18.8 Å². The molecular weight excluding hydrogens is 236 g/mol. The summed E-state index contributed by atoms with van der Waals surface area (Å²) in [4.78, 5) is 0. The van der Waals surface area contributed by atoms with E-state index in [9.17, 15) is 0 Å². The minimum Gasteiger partial charge on any atom is -0.0935 e. The highest BCUT2D eigenvalue weighted by atomic mass is 32.1. The zero-order valence-corrected chi connectivity index (χ0v) is 12.8. The van der Waals surface area contributed by atoms with Crippen LogP contribution >= 0.6 is 12.2 Å². The molecule has 0 aliphatic carbocycles. The predicted molar refractivity (Wildman–Crippen MR) is 86.0 cm³/mol. The lowest BCUT2D eigenvalue weighted by atomic mass is 9.80. The van der Waals surface area contributed by atoms with Gasteiger partial charge in [-0.3, -0.25) is 0 Å². The molecular formula is C17H24S. The van der Waals surface area contributed by atoms with E-state index >= 15 is 0 Å². The Labute approximate surface area is 117 Å². The van der Waals surface area contributed by atoms with E-state index in [-0.39, 0.29) is 0 Å². The van der Waals surface area contributed by atoms with Crippen LogP contribution in [0.2, 0.25) is 0 Å². The first-order valence-corrected chi connectivity index (χ1v) is 7.24. The van der Waals surface area contributed by atoms with Gasteiger partial charge >= 0.3 is 0 Å². The summed E-state index contributed by atoms with van der Waals surface area (Å²) in [5.41, 5.74) is 4.22. The standard InChI is InChI=1S/C17H24S/c1-5-15(16(13(2)3)11-8-12-18)17-10-7-6-9-14(17)4/h5-7,9-10,12-13,16H,8,11H2,1-4H3/b15-5-. The highest BCUT2D eigenvalue weighted by Gasteiger charge is 2.19. The van der Waals surface area contributed by atoms with E-state index in [2.05, 4.69) is 58.0 Å². The summed E-state index contributed by atoms with van der Waals surface area (Å²) in [6.45, 7) is 8.94. The maximum Gasteiger partial charge on any atom is -0.0133 e. The van der Waals surface area contributed by atoms with Crippen molar-refractivity contribution in [1.29, 1.82) is 0 Å². The molecule has 98 valence electrons. The van der Waals surface area contributed by atoms with Crippen LogP contribution in [0.3, 0.4) is 0 Å². The molecule has 0 aromatic heterocycles. The number of hydrogen-bond acceptors (Lipinski definition) is 1. The zero-order chi connectivity index (χ0) is 13.5. The first kappa shape index (κ1) is 15.1. The summed E-state index contributed by atoms with van der Waals surface area (Å²) in [7, 11) is 0. The summed E-state index contributed by atoms with van der Waals surface area (Å²) >= 11 is 4.98. The third-order valence-corrected chi connectivity index (χ3v) is 3.80. The van der Waals surface area contributed by atoms with Crippen molar-refractivity contribution in [3.63, 3.8) is 0 Å². The van der Waals surface area contributed by atoms with Crippen LogP contribution < -0.4 is 0 Å². The molecule has 1 aromatic rings. The van der Waals surface area contributed by atoms with Gasteiger partial charge in [-0.05, 0) is 60.6 Å². The van der Waals surface area contributed by atoms with Gasteiger partial charge in [0.25, 0.3) is 0 Å². The van der Waals surface area contributed by atoms with E-state index in [0.717, 1.165) is 12.8 Å². The van der Waals surface area contributed by atoms with Crippen molar-refractivity contribution in [3.05, 3.63) is 41.5 Å². The molecule has 1 heteroatoms. The third-order valence-electron chi connectivity index (χ3n) is 3.57. The average molecular weight is 260 g/mol. The molecule has 0 saturated heterocycles. The van der Waals surface area contributed by atoms with E-state index < -0.39 is 0 Å². The number of hydrogen-bond donors (Lipinski definition) is 0. The van der Waals surface area contributed by atoms with Crippen LogP contribution in [0.25, 0.3) is 5.57 Å². The Kier molecular flexibility index (Phi) is 6.28. The Morgan fingerprint density at radius 3 is 2.44 bits per heavy atom. The molecule has 0 aliphatic heterocycles. The van der Waals surface area contributed by atoms with Crippen LogP contribution in [0.5, 0.6) is 0 Å². The minimum absolute atomic E-state index is 0.593. The Bertz CT molecular complexity index is 415. The van der Waals surface area contributed by atoms with E-state index in [4.69, 9.17) is 12.2 Å². The first-order chi connectivity index (χ1) is 8.61. The smallest absolute Gasteiger partial charge is 0.0133 e. The maximum absolute atomic E-state index is 4.98. The van der Waals surface area contributed by atoms with Crippen molar-refractivity contribution >= 4 is 23.2 Å². The molecule has 1 atom stereocenters. The largest absolute Gasteiger partial charge is 0.0935 e. The normalized spacial score (nSPS) is 13.7. The fourth-order valence-corrected chi connectivity index (χ4v) is 2.70. The van der Waals surface area contributed by atoms with Crippen LogP contribution in [-0.2, 0) is 0 Å². The molecule has 1 unspecified atom stereocenters. The summed E-state index contributed by atoms with van der Waals surface area (Å²) in [5.74, 6) is 1.24. The number of allylic oxidation sites excluding steroid dienone is 2. The van der Waals surface area contributed by atoms with Crippen LogP contribution in [-0.4, -0.2) is 5.37 Å². The second-order valence-corrected chi connectivity index (χ2v) is 5.49. The fraction of sp³-hybridized carbons (Fsp3) is 0.471. The molecule has 0 fully saturated rings. The van der Waals surface area contributed by atoms with Crippen molar-refractivity contribution in [2.24, 2.45) is 11.8 Å². The number of rotatable bonds is 6. The Hall–Kier alpha value is -0.950. The average Bonchev–Trinajstić information content (AvgIpc) is 2.35. The van der Waals surface area contributed by atoms with E-state index in [1.165, 1.54) is 16.7 Å². The van der Waals surface area contributed by atoms with Crippen molar-refractivity contribution in [2.75, 3.05) is 0 Å². The first-order valence-electron chi connectivity index (χ1n) is 6.77. The molecule has 1 aromatic carbocycles. The molecule has 0 nitrogen and oxygen atoms in total. The van der Waals surface area contributed by atoms with Gasteiger partial charge in [0.2, 0.25) is 0 Å². The number of thiocarbonyl (C=S) groups is 1. The van der Waals surface area contributed by atoms with Crippen molar-refractivity contribution < 1.29 is 0 Å². The summed E-state index contributed by atoms with van der Waals surface area (Å²) in [6, 6.07) is 8.66. The van der Waals surface area contributed by atoms with Crippen LogP contribution in [0.15, 0.2) is 30.3 Å². The van der Waals surface area contributed by atoms with Crippen molar-refractivity contribution in [2.45, 2.75) is 40.5 Å². The van der Waals surface area contributed by atoms with E-state index in [0.29, 0.717) is 11.8 Å². The van der Waals surface area contributed by atoms with Crippen LogP contribution in [0.4, 0.5) is 0 Å². The quantitative estimate of drug-likeness (QED) is 0.613. The third kappa shape index (κ3) is 3.78. The summed E-state index contributed by atoms with van der Waals surface area (Å²) < 4.78 is 0. The molecule has 0 spiro atoms. The van der Waals surface area contributed by atoms with Gasteiger partial charge in [0, 0.05) is 0 Å². The Morgan fingerprint density at radius 2 is 1.94 bits per heavy atom. The molecule has 1 rings (SSSR count). The van der Waals surface area contributed by atoms with E-state index in [1.54, 1.807) is 0 Å². The summed E-state index contributed by atoms with van der Waals surface area (Å²) in [5, 5.41) is 1.86. The van der Waals surface area contributed by atoms with Crippen molar-refractivity contribution in [3.8, 4) is 0 Å². The molecule has 0 amide bonds. The van der Waals surface area contributed by atoms with Crippen molar-refractivity contribution in [1.82, 2.24) is 0 Å². The molecule has 0 heterocycles. The van der Waals surface area contributed by atoms with Crippen LogP contribution in [0.1, 0.15) is 44.7 Å². The van der Waals surface area contributed by atoms with E-state index in [1.807, 2.05) is 5.37 Å². The van der Waals surface area contributed by atoms with Gasteiger partial charge in [-0.2, -0.15) is 0 Å². The van der Waals surface area contributed by atoms with Gasteiger partial charge in [0.1, 0.15) is 0 Å². The predicted octanol–water partition coefficient (Wildman–Crippen LogP) is 5.45. The topological polar surface area (TPSA) is 0 Å². The molecule has 0 aliphatic rings. The lowest BCUT2D eigenvalue weighted by Crippen LogP contribution is -2.12. The lowest BCUT2D eigenvalue weighted by molar-refractivity contribution is 0.458. The zero-order valence-electron chi connectivity index (χ0n) is 11.9. The van der Waals surface area contributed by atoms with Gasteiger partial charge in [0.15, 0.2) is 0 Å².